The molecule has 1 aromatic rings. The molecule has 0 aromatic heterocycles. The number of hydrogen-bond acceptors (Lipinski definition) is 4. The topological polar surface area (TPSA) is 54.0 Å². The highest BCUT2D eigenvalue weighted by Gasteiger charge is 2.05. The van der Waals surface area contributed by atoms with E-state index in [4.69, 9.17) is 5.73 Å². The van der Waals surface area contributed by atoms with Gasteiger partial charge in [0.2, 0.25) is 0 Å². The normalized spacial score (nSPS) is 14.6. The van der Waals surface area contributed by atoms with Crippen LogP contribution in [0.3, 0.4) is 0 Å². The summed E-state index contributed by atoms with van der Waals surface area (Å²) >= 11 is 0. The molecule has 0 radical (unpaired) electrons. The summed E-state index contributed by atoms with van der Waals surface area (Å²) in [5.41, 5.74) is 7.83. The highest BCUT2D eigenvalue weighted by molar-refractivity contribution is 5.39. The van der Waals surface area contributed by atoms with E-state index in [9.17, 15) is 0 Å². The van der Waals surface area contributed by atoms with E-state index >= 15 is 0 Å². The molecule has 0 saturated carbocycles. The van der Waals surface area contributed by atoms with Crippen molar-refractivity contribution in [3.63, 3.8) is 0 Å². The van der Waals surface area contributed by atoms with Crippen LogP contribution in [-0.2, 0) is 6.42 Å². The van der Waals surface area contributed by atoms with Crippen molar-refractivity contribution >= 4 is 5.69 Å². The lowest BCUT2D eigenvalue weighted by Gasteiger charge is -2.10. The molecule has 0 saturated heterocycles. The Kier molecular flexibility index (Phi) is 3.75. The predicted molar refractivity (Wildman–Crippen MR) is 65.1 cm³/mol. The minimum absolute atomic E-state index is 0.834. The summed E-state index contributed by atoms with van der Waals surface area (Å²) in [6.45, 7) is 2.87. The van der Waals surface area contributed by atoms with Gasteiger partial charge in [0.1, 0.15) is 0 Å². The first-order valence-corrected chi connectivity index (χ1v) is 5.81. The van der Waals surface area contributed by atoms with Gasteiger partial charge in [0.05, 0.1) is 13.1 Å². The number of benzene rings is 1. The monoisotopic (exact) mass is 218 g/mol. The Hall–Kier alpha value is -1.58. The number of aryl methyl sites for hydroxylation is 1. The molecule has 0 atom stereocenters. The summed E-state index contributed by atoms with van der Waals surface area (Å²) in [5.74, 6) is 0. The van der Waals surface area contributed by atoms with E-state index < -0.39 is 0 Å². The van der Waals surface area contributed by atoms with Crippen molar-refractivity contribution in [2.75, 3.05) is 25.4 Å². The van der Waals surface area contributed by atoms with Crippen molar-refractivity contribution < 1.29 is 0 Å². The van der Waals surface area contributed by atoms with Gasteiger partial charge in [-0.15, -0.1) is 0 Å². The van der Waals surface area contributed by atoms with Gasteiger partial charge in [-0.1, -0.05) is 17.4 Å². The molecule has 0 aliphatic carbocycles. The first-order valence-electron chi connectivity index (χ1n) is 5.81. The molecule has 0 spiro atoms. The Labute approximate surface area is 96.1 Å². The van der Waals surface area contributed by atoms with E-state index in [1.165, 1.54) is 18.4 Å². The fourth-order valence-electron chi connectivity index (χ4n) is 1.80. The zero-order chi connectivity index (χ0) is 11.2. The number of nitrogens with two attached hydrogens (primary N) is 1. The van der Waals surface area contributed by atoms with Crippen LogP contribution in [0.2, 0.25) is 0 Å². The van der Waals surface area contributed by atoms with Gasteiger partial charge in [0, 0.05) is 12.2 Å². The molecule has 4 nitrogen and oxygen atoms in total. The zero-order valence-corrected chi connectivity index (χ0v) is 9.47. The maximum atomic E-state index is 5.63. The third kappa shape index (κ3) is 3.22. The lowest BCUT2D eigenvalue weighted by atomic mass is 10.1. The minimum atomic E-state index is 0.834. The lowest BCUT2D eigenvalue weighted by Crippen LogP contribution is -2.16. The predicted octanol–water partition coefficient (Wildman–Crippen LogP) is 2.27. The van der Waals surface area contributed by atoms with Gasteiger partial charge in [-0.05, 0) is 37.0 Å². The van der Waals surface area contributed by atoms with Crippen LogP contribution in [0, 0.1) is 0 Å². The van der Waals surface area contributed by atoms with E-state index in [0.717, 1.165) is 31.7 Å². The van der Waals surface area contributed by atoms with E-state index in [1.54, 1.807) is 0 Å². The molecule has 1 aliphatic rings. The van der Waals surface area contributed by atoms with Crippen molar-refractivity contribution in [3.8, 4) is 0 Å². The number of anilines is 1. The number of nitrogens with zero attached hydrogens (tertiary/aromatic N) is 3. The summed E-state index contributed by atoms with van der Waals surface area (Å²) in [6.07, 6.45) is 3.48. The molecule has 0 fully saturated rings. The van der Waals surface area contributed by atoms with Crippen molar-refractivity contribution in [2.45, 2.75) is 19.3 Å². The van der Waals surface area contributed by atoms with Gasteiger partial charge in [-0.2, -0.15) is 5.11 Å². The third-order valence-corrected chi connectivity index (χ3v) is 2.76. The quantitative estimate of drug-likeness (QED) is 0.609. The van der Waals surface area contributed by atoms with Gasteiger partial charge >= 0.3 is 0 Å². The molecule has 0 bridgehead atoms. The second-order valence-corrected chi connectivity index (χ2v) is 4.11. The SMILES string of the molecule is Nc1ccc(CCCCN2CCN=N2)cc1. The molecular formula is C12H18N4. The van der Waals surface area contributed by atoms with Crippen LogP contribution in [0.5, 0.6) is 0 Å². The van der Waals surface area contributed by atoms with E-state index in [-0.39, 0.29) is 0 Å². The number of nitrogen functional groups attached to an aromatic ring is 1. The average molecular weight is 218 g/mol. The van der Waals surface area contributed by atoms with Gasteiger partial charge in [0.25, 0.3) is 0 Å². The molecule has 86 valence electrons. The van der Waals surface area contributed by atoms with Crippen molar-refractivity contribution in [1.82, 2.24) is 5.01 Å². The van der Waals surface area contributed by atoms with Crippen LogP contribution < -0.4 is 5.73 Å². The van der Waals surface area contributed by atoms with Crippen LogP contribution in [-0.4, -0.2) is 24.6 Å². The number of rotatable bonds is 5. The summed E-state index contributed by atoms with van der Waals surface area (Å²) in [5, 5.41) is 10.0. The van der Waals surface area contributed by atoms with Gasteiger partial charge < -0.3 is 5.73 Å². The molecule has 2 N–H and O–H groups in total. The van der Waals surface area contributed by atoms with Gasteiger partial charge in [0.15, 0.2) is 0 Å². The number of unbranched alkanes of at least 4 members (excludes halogenated alkanes) is 1. The Balaban J connectivity index is 1.64. The highest BCUT2D eigenvalue weighted by atomic mass is 15.6. The van der Waals surface area contributed by atoms with Gasteiger partial charge in [-0.25, -0.2) is 0 Å². The molecule has 1 aromatic carbocycles. The Morgan fingerprint density at radius 1 is 1.19 bits per heavy atom. The van der Waals surface area contributed by atoms with E-state index in [0.29, 0.717) is 0 Å². The van der Waals surface area contributed by atoms with Crippen LogP contribution in [0.4, 0.5) is 5.69 Å². The Morgan fingerprint density at radius 2 is 2.00 bits per heavy atom. The second kappa shape index (κ2) is 5.49. The largest absolute Gasteiger partial charge is 0.399 e. The van der Waals surface area contributed by atoms with Crippen LogP contribution in [0.15, 0.2) is 34.6 Å². The highest BCUT2D eigenvalue weighted by Crippen LogP contribution is 2.10. The maximum Gasteiger partial charge on any atom is 0.0813 e. The summed E-state index contributed by atoms with van der Waals surface area (Å²) in [7, 11) is 0. The third-order valence-electron chi connectivity index (χ3n) is 2.76. The Bertz CT molecular complexity index is 345. The summed E-state index contributed by atoms with van der Waals surface area (Å²) in [6, 6.07) is 8.13. The van der Waals surface area contributed by atoms with Crippen LogP contribution in [0.25, 0.3) is 0 Å². The summed E-state index contributed by atoms with van der Waals surface area (Å²) < 4.78 is 0. The maximum absolute atomic E-state index is 5.63. The first kappa shape index (κ1) is 10.9. The molecule has 16 heavy (non-hydrogen) atoms. The lowest BCUT2D eigenvalue weighted by molar-refractivity contribution is 0.311. The molecule has 0 amide bonds. The van der Waals surface area contributed by atoms with Crippen molar-refractivity contribution in [3.05, 3.63) is 29.8 Å². The van der Waals surface area contributed by atoms with Gasteiger partial charge in [-0.3, -0.25) is 5.01 Å². The molecule has 1 aliphatic heterocycles. The number of hydrogen-bond donors (Lipinski definition) is 1. The van der Waals surface area contributed by atoms with Crippen LogP contribution in [0.1, 0.15) is 18.4 Å². The molecular weight excluding hydrogens is 200 g/mol. The van der Waals surface area contributed by atoms with E-state index in [1.807, 2.05) is 17.1 Å². The smallest absolute Gasteiger partial charge is 0.0813 e. The fraction of sp³-hybridized carbons (Fsp3) is 0.500. The van der Waals surface area contributed by atoms with E-state index in [2.05, 4.69) is 22.5 Å². The minimum Gasteiger partial charge on any atom is -0.399 e. The second-order valence-electron chi connectivity index (χ2n) is 4.11. The first-order chi connectivity index (χ1) is 7.84. The summed E-state index contributed by atoms with van der Waals surface area (Å²) in [4.78, 5) is 0. The molecule has 1 heterocycles. The molecule has 0 unspecified atom stereocenters. The fourth-order valence-corrected chi connectivity index (χ4v) is 1.80. The molecule has 2 rings (SSSR count). The van der Waals surface area contributed by atoms with Crippen molar-refractivity contribution in [1.29, 1.82) is 0 Å². The van der Waals surface area contributed by atoms with Crippen LogP contribution >= 0.6 is 0 Å². The molecule has 4 heteroatoms. The standard InChI is InChI=1S/C12H18N4/c13-12-6-4-11(5-7-12)3-1-2-9-16-10-8-14-15-16/h4-7H,1-3,8-10,13H2. The zero-order valence-electron chi connectivity index (χ0n) is 9.47. The Morgan fingerprint density at radius 3 is 2.69 bits per heavy atom. The van der Waals surface area contributed by atoms with Crippen molar-refractivity contribution in [2.24, 2.45) is 10.3 Å². The average Bonchev–Trinajstić information content (AvgIpc) is 2.80.